The number of benzene rings is 2. The van der Waals surface area contributed by atoms with Gasteiger partial charge in [0.1, 0.15) is 6.04 Å². The predicted molar refractivity (Wildman–Crippen MR) is 113 cm³/mol. The Hall–Kier alpha value is -3.15. The van der Waals surface area contributed by atoms with Crippen LogP contribution in [-0.4, -0.2) is 30.4 Å². The number of hydrogen-bond acceptors (Lipinski definition) is 4. The molecule has 154 valence electrons. The van der Waals surface area contributed by atoms with Gasteiger partial charge in [0, 0.05) is 11.3 Å². The van der Waals surface area contributed by atoms with E-state index in [4.69, 9.17) is 4.74 Å². The first-order valence-corrected chi connectivity index (χ1v) is 9.59. The molecule has 0 saturated carbocycles. The third kappa shape index (κ3) is 6.17. The first-order chi connectivity index (χ1) is 13.7. The third-order valence-corrected chi connectivity index (χ3v) is 4.60. The minimum atomic E-state index is -0.851. The number of nitrogens with one attached hydrogen (secondary N) is 2. The SMILES string of the molecule is Cc1ccc(NC(=O)COC(=O)[C@@H](NC(=O)c2ccccc2C)C(C)C)c(C)c1. The lowest BCUT2D eigenvalue weighted by Crippen LogP contribution is -2.46. The van der Waals surface area contributed by atoms with E-state index < -0.39 is 24.5 Å². The van der Waals surface area contributed by atoms with Gasteiger partial charge in [-0.3, -0.25) is 9.59 Å². The molecular weight excluding hydrogens is 368 g/mol. The smallest absolute Gasteiger partial charge is 0.329 e. The molecular formula is C23H28N2O4. The summed E-state index contributed by atoms with van der Waals surface area (Å²) < 4.78 is 5.16. The molecule has 2 amide bonds. The van der Waals surface area contributed by atoms with Crippen LogP contribution in [0.15, 0.2) is 42.5 Å². The summed E-state index contributed by atoms with van der Waals surface area (Å²) in [5.74, 6) is -1.62. The van der Waals surface area contributed by atoms with Crippen molar-refractivity contribution in [2.75, 3.05) is 11.9 Å². The average molecular weight is 396 g/mol. The van der Waals surface area contributed by atoms with E-state index in [0.717, 1.165) is 16.7 Å². The molecule has 2 N–H and O–H groups in total. The van der Waals surface area contributed by atoms with E-state index in [1.807, 2.05) is 51.1 Å². The lowest BCUT2D eigenvalue weighted by molar-refractivity contribution is -0.150. The number of anilines is 1. The van der Waals surface area contributed by atoms with Gasteiger partial charge >= 0.3 is 5.97 Å². The number of ether oxygens (including phenoxy) is 1. The zero-order valence-electron chi connectivity index (χ0n) is 17.5. The Morgan fingerprint density at radius 2 is 1.66 bits per heavy atom. The fraction of sp³-hybridized carbons (Fsp3) is 0.348. The maximum absolute atomic E-state index is 12.5. The van der Waals surface area contributed by atoms with E-state index in [0.29, 0.717) is 11.3 Å². The number of rotatable bonds is 7. The molecule has 0 spiro atoms. The van der Waals surface area contributed by atoms with Crippen LogP contribution in [0.25, 0.3) is 0 Å². The van der Waals surface area contributed by atoms with Crippen LogP contribution >= 0.6 is 0 Å². The van der Waals surface area contributed by atoms with E-state index in [1.165, 1.54) is 0 Å². The lowest BCUT2D eigenvalue weighted by atomic mass is 10.0. The molecule has 29 heavy (non-hydrogen) atoms. The van der Waals surface area contributed by atoms with Crippen molar-refractivity contribution in [1.29, 1.82) is 0 Å². The summed E-state index contributed by atoms with van der Waals surface area (Å²) in [6.45, 7) is 8.88. The Kier molecular flexibility index (Phi) is 7.53. The average Bonchev–Trinajstić information content (AvgIpc) is 2.66. The van der Waals surface area contributed by atoms with Gasteiger partial charge in [0.05, 0.1) is 0 Å². The van der Waals surface area contributed by atoms with E-state index in [2.05, 4.69) is 10.6 Å². The summed E-state index contributed by atoms with van der Waals surface area (Å²) in [5, 5.41) is 5.45. The maximum Gasteiger partial charge on any atom is 0.329 e. The van der Waals surface area contributed by atoms with E-state index in [9.17, 15) is 14.4 Å². The zero-order valence-corrected chi connectivity index (χ0v) is 17.5. The number of esters is 1. The fourth-order valence-electron chi connectivity index (χ4n) is 2.91. The summed E-state index contributed by atoms with van der Waals surface area (Å²) >= 11 is 0. The maximum atomic E-state index is 12.5. The van der Waals surface area contributed by atoms with E-state index in [-0.39, 0.29) is 11.8 Å². The summed E-state index contributed by atoms with van der Waals surface area (Å²) in [6, 6.07) is 11.9. The van der Waals surface area contributed by atoms with Crippen molar-refractivity contribution in [1.82, 2.24) is 5.32 Å². The van der Waals surface area contributed by atoms with Crippen molar-refractivity contribution < 1.29 is 19.1 Å². The van der Waals surface area contributed by atoms with Crippen molar-refractivity contribution in [2.24, 2.45) is 5.92 Å². The second-order valence-corrected chi connectivity index (χ2v) is 7.48. The van der Waals surface area contributed by atoms with Gasteiger partial charge in [0.2, 0.25) is 0 Å². The van der Waals surface area contributed by atoms with Gasteiger partial charge < -0.3 is 15.4 Å². The van der Waals surface area contributed by atoms with Crippen LogP contribution < -0.4 is 10.6 Å². The molecule has 2 aromatic rings. The molecule has 0 aliphatic rings. The van der Waals surface area contributed by atoms with Crippen LogP contribution in [0.1, 0.15) is 40.9 Å². The number of amides is 2. The molecule has 0 aromatic heterocycles. The second-order valence-electron chi connectivity index (χ2n) is 7.48. The standard InChI is InChI=1S/C23H28N2O4/c1-14(2)21(25-22(27)18-9-7-6-8-16(18)4)23(28)29-13-20(26)24-19-11-10-15(3)12-17(19)5/h6-12,14,21H,13H2,1-5H3,(H,24,26)(H,25,27)/t21-/m0/s1. The van der Waals surface area contributed by atoms with Crippen LogP contribution in [0.5, 0.6) is 0 Å². The highest BCUT2D eigenvalue weighted by molar-refractivity contribution is 5.98. The summed E-state index contributed by atoms with van der Waals surface area (Å²) in [5.41, 5.74) is 4.00. The highest BCUT2D eigenvalue weighted by atomic mass is 16.5. The molecule has 0 aliphatic carbocycles. The summed E-state index contributed by atoms with van der Waals surface area (Å²) in [6.07, 6.45) is 0. The topological polar surface area (TPSA) is 84.5 Å². The Morgan fingerprint density at radius 3 is 2.28 bits per heavy atom. The zero-order chi connectivity index (χ0) is 21.6. The summed E-state index contributed by atoms with van der Waals surface area (Å²) in [4.78, 5) is 37.2. The molecule has 0 heterocycles. The van der Waals surface area contributed by atoms with Crippen molar-refractivity contribution in [2.45, 2.75) is 40.7 Å². The second kappa shape index (κ2) is 9.87. The molecule has 0 aliphatic heterocycles. The Balaban J connectivity index is 1.96. The largest absolute Gasteiger partial charge is 0.454 e. The van der Waals surface area contributed by atoms with Gasteiger partial charge in [-0.1, -0.05) is 49.7 Å². The van der Waals surface area contributed by atoms with Crippen LogP contribution in [0.4, 0.5) is 5.69 Å². The van der Waals surface area contributed by atoms with E-state index >= 15 is 0 Å². The minimum absolute atomic E-state index is 0.196. The molecule has 2 aromatic carbocycles. The van der Waals surface area contributed by atoms with Gasteiger partial charge in [0.15, 0.2) is 6.61 Å². The first kappa shape index (κ1) is 22.1. The molecule has 1 atom stereocenters. The van der Waals surface area contributed by atoms with E-state index in [1.54, 1.807) is 26.0 Å². The van der Waals surface area contributed by atoms with Gasteiger partial charge in [-0.2, -0.15) is 0 Å². The quantitative estimate of drug-likeness (QED) is 0.701. The number of aryl methyl sites for hydroxylation is 3. The third-order valence-electron chi connectivity index (χ3n) is 4.60. The number of carbonyl (C=O) groups excluding carboxylic acids is 3. The van der Waals surface area contributed by atoms with Crippen molar-refractivity contribution in [3.8, 4) is 0 Å². The molecule has 0 saturated heterocycles. The molecule has 6 heteroatoms. The Bertz CT molecular complexity index is 906. The van der Waals surface area contributed by atoms with Gasteiger partial charge in [-0.25, -0.2) is 4.79 Å². The van der Waals surface area contributed by atoms with Gasteiger partial charge in [-0.15, -0.1) is 0 Å². The van der Waals surface area contributed by atoms with Crippen LogP contribution in [0.2, 0.25) is 0 Å². The van der Waals surface area contributed by atoms with Crippen molar-refractivity contribution in [3.05, 3.63) is 64.7 Å². The number of carbonyl (C=O) groups is 3. The predicted octanol–water partition coefficient (Wildman–Crippen LogP) is 3.55. The minimum Gasteiger partial charge on any atom is -0.454 e. The van der Waals surface area contributed by atoms with Crippen LogP contribution in [-0.2, 0) is 14.3 Å². The first-order valence-electron chi connectivity index (χ1n) is 9.59. The van der Waals surface area contributed by atoms with Crippen LogP contribution in [0, 0.1) is 26.7 Å². The number of hydrogen-bond donors (Lipinski definition) is 2. The molecule has 0 bridgehead atoms. The molecule has 6 nitrogen and oxygen atoms in total. The highest BCUT2D eigenvalue weighted by Crippen LogP contribution is 2.16. The van der Waals surface area contributed by atoms with Gasteiger partial charge in [-0.05, 0) is 49.9 Å². The molecule has 2 rings (SSSR count). The Morgan fingerprint density at radius 1 is 0.966 bits per heavy atom. The van der Waals surface area contributed by atoms with Crippen molar-refractivity contribution >= 4 is 23.5 Å². The molecule has 0 unspecified atom stereocenters. The molecule has 0 radical (unpaired) electrons. The summed E-state index contributed by atoms with van der Waals surface area (Å²) in [7, 11) is 0. The van der Waals surface area contributed by atoms with Gasteiger partial charge in [0.25, 0.3) is 11.8 Å². The fourth-order valence-corrected chi connectivity index (χ4v) is 2.91. The highest BCUT2D eigenvalue weighted by Gasteiger charge is 2.27. The lowest BCUT2D eigenvalue weighted by Gasteiger charge is -2.21. The normalized spacial score (nSPS) is 11.7. The van der Waals surface area contributed by atoms with Crippen molar-refractivity contribution in [3.63, 3.8) is 0 Å². The van der Waals surface area contributed by atoms with Crippen LogP contribution in [0.3, 0.4) is 0 Å². The monoisotopic (exact) mass is 396 g/mol. The molecule has 0 fully saturated rings. The Labute approximate surface area is 171 Å².